The highest BCUT2D eigenvalue weighted by Crippen LogP contribution is 2.32. The Hall–Kier alpha value is -1.92. The topological polar surface area (TPSA) is 80.1 Å². The summed E-state index contributed by atoms with van der Waals surface area (Å²) in [6, 6.07) is 0.398. The van der Waals surface area contributed by atoms with Gasteiger partial charge in [-0.2, -0.15) is 0 Å². The molecule has 3 heterocycles. The average Bonchev–Trinajstić information content (AvgIpc) is 2.91. The zero-order chi connectivity index (χ0) is 14.4. The Morgan fingerprint density at radius 3 is 3.00 bits per heavy atom. The molecular formula is C14H19N5O2. The summed E-state index contributed by atoms with van der Waals surface area (Å²) in [5.74, 6) is 1.70. The second-order valence-corrected chi connectivity index (χ2v) is 6.18. The summed E-state index contributed by atoms with van der Waals surface area (Å²) in [6.45, 7) is 1.91. The minimum Gasteiger partial charge on any atom is -0.348 e. The van der Waals surface area contributed by atoms with Gasteiger partial charge in [-0.15, -0.1) is 10.2 Å². The van der Waals surface area contributed by atoms with Gasteiger partial charge in [-0.1, -0.05) is 0 Å². The molecule has 112 valence electrons. The second kappa shape index (κ2) is 4.82. The van der Waals surface area contributed by atoms with Crippen molar-refractivity contribution >= 4 is 11.8 Å². The van der Waals surface area contributed by atoms with Crippen molar-refractivity contribution in [1.82, 2.24) is 25.0 Å². The number of carbonyl (C=O) groups is 2. The summed E-state index contributed by atoms with van der Waals surface area (Å²) in [7, 11) is 0. The van der Waals surface area contributed by atoms with E-state index in [1.807, 2.05) is 4.90 Å². The van der Waals surface area contributed by atoms with Crippen LogP contribution in [-0.2, 0) is 29.1 Å². The van der Waals surface area contributed by atoms with Crippen LogP contribution in [0.25, 0.3) is 0 Å². The van der Waals surface area contributed by atoms with Crippen molar-refractivity contribution in [2.75, 3.05) is 6.54 Å². The lowest BCUT2D eigenvalue weighted by Gasteiger charge is -2.15. The fraction of sp³-hybridized carbons (Fsp3) is 0.714. The van der Waals surface area contributed by atoms with Gasteiger partial charge in [0.1, 0.15) is 5.82 Å². The van der Waals surface area contributed by atoms with E-state index in [1.165, 1.54) is 0 Å². The molecule has 21 heavy (non-hydrogen) atoms. The molecule has 1 saturated carbocycles. The first-order valence-electron chi connectivity index (χ1n) is 7.70. The highest BCUT2D eigenvalue weighted by molar-refractivity contribution is 5.89. The van der Waals surface area contributed by atoms with Crippen LogP contribution in [0.4, 0.5) is 0 Å². The van der Waals surface area contributed by atoms with Gasteiger partial charge in [0.15, 0.2) is 5.82 Å². The number of carbonyl (C=O) groups excluding carboxylic acids is 2. The van der Waals surface area contributed by atoms with Crippen LogP contribution in [0.5, 0.6) is 0 Å². The number of fused-ring (bicyclic) bond motifs is 1. The third kappa shape index (κ3) is 2.30. The Morgan fingerprint density at radius 1 is 1.33 bits per heavy atom. The average molecular weight is 289 g/mol. The van der Waals surface area contributed by atoms with Gasteiger partial charge in [0.05, 0.1) is 12.5 Å². The van der Waals surface area contributed by atoms with Gasteiger partial charge in [-0.05, 0) is 19.3 Å². The van der Waals surface area contributed by atoms with Crippen LogP contribution in [0.2, 0.25) is 0 Å². The maximum atomic E-state index is 12.2. The molecule has 7 nitrogen and oxygen atoms in total. The Balaban J connectivity index is 1.34. The van der Waals surface area contributed by atoms with Crippen molar-refractivity contribution in [1.29, 1.82) is 0 Å². The lowest BCUT2D eigenvalue weighted by atomic mass is 10.1. The largest absolute Gasteiger partial charge is 0.348 e. The molecule has 2 amide bonds. The van der Waals surface area contributed by atoms with Gasteiger partial charge >= 0.3 is 0 Å². The fourth-order valence-corrected chi connectivity index (χ4v) is 3.30. The maximum Gasteiger partial charge on any atom is 0.225 e. The van der Waals surface area contributed by atoms with Crippen molar-refractivity contribution in [3.8, 4) is 0 Å². The number of rotatable bonds is 4. The molecule has 1 aromatic rings. The van der Waals surface area contributed by atoms with E-state index in [1.54, 1.807) is 0 Å². The van der Waals surface area contributed by atoms with Crippen molar-refractivity contribution in [3.63, 3.8) is 0 Å². The van der Waals surface area contributed by atoms with Crippen LogP contribution in [0.15, 0.2) is 0 Å². The highest BCUT2D eigenvalue weighted by Gasteiger charge is 2.41. The normalized spacial score (nSPS) is 24.5. The van der Waals surface area contributed by atoms with E-state index < -0.39 is 0 Å². The first kappa shape index (κ1) is 12.8. The number of hydrogen-bond acceptors (Lipinski definition) is 4. The minimum absolute atomic E-state index is 0.0400. The monoisotopic (exact) mass is 289 g/mol. The summed E-state index contributed by atoms with van der Waals surface area (Å²) in [5.41, 5.74) is 0. The summed E-state index contributed by atoms with van der Waals surface area (Å²) in [6.07, 6.45) is 4.59. The van der Waals surface area contributed by atoms with E-state index in [0.717, 1.165) is 43.9 Å². The van der Waals surface area contributed by atoms with Crippen LogP contribution < -0.4 is 5.32 Å². The number of nitrogens with one attached hydrogen (secondary N) is 1. The number of aromatic nitrogens is 3. The third-order valence-electron chi connectivity index (χ3n) is 4.62. The van der Waals surface area contributed by atoms with Crippen LogP contribution in [0, 0.1) is 5.92 Å². The number of aryl methyl sites for hydroxylation is 1. The highest BCUT2D eigenvalue weighted by atomic mass is 16.2. The predicted octanol–water partition coefficient (Wildman–Crippen LogP) is -0.149. The zero-order valence-corrected chi connectivity index (χ0v) is 11.9. The van der Waals surface area contributed by atoms with Crippen LogP contribution in [-0.4, -0.2) is 44.1 Å². The third-order valence-corrected chi connectivity index (χ3v) is 4.62. The van der Waals surface area contributed by atoms with Crippen molar-refractivity contribution in [3.05, 3.63) is 11.6 Å². The maximum absolute atomic E-state index is 12.2. The Kier molecular flexibility index (Phi) is 2.94. The lowest BCUT2D eigenvalue weighted by Crippen LogP contribution is -2.33. The van der Waals surface area contributed by atoms with E-state index in [0.29, 0.717) is 25.6 Å². The van der Waals surface area contributed by atoms with Gasteiger partial charge < -0.3 is 14.8 Å². The van der Waals surface area contributed by atoms with Crippen molar-refractivity contribution in [2.24, 2.45) is 5.92 Å². The zero-order valence-electron chi connectivity index (χ0n) is 11.9. The molecule has 2 aliphatic heterocycles. The van der Waals surface area contributed by atoms with E-state index >= 15 is 0 Å². The number of hydrogen-bond donors (Lipinski definition) is 1. The van der Waals surface area contributed by atoms with E-state index in [-0.39, 0.29) is 17.7 Å². The standard InChI is InChI=1S/C14H19N5O2/c20-13-6-9(8-19(13)10-3-4-10)14(21)15-7-12-17-16-11-2-1-5-18(11)12/h9-10H,1-8H2,(H,15,21)/t9-/m0/s1. The molecule has 1 saturated heterocycles. The number of likely N-dealkylation sites (tertiary alicyclic amines) is 1. The van der Waals surface area contributed by atoms with Crippen molar-refractivity contribution < 1.29 is 9.59 Å². The molecule has 0 bridgehead atoms. The molecular weight excluding hydrogens is 270 g/mol. The van der Waals surface area contributed by atoms with Gasteiger partial charge in [-0.25, -0.2) is 0 Å². The van der Waals surface area contributed by atoms with Gasteiger partial charge in [0.25, 0.3) is 0 Å². The molecule has 0 unspecified atom stereocenters. The molecule has 1 atom stereocenters. The van der Waals surface area contributed by atoms with Crippen LogP contribution in [0.1, 0.15) is 37.3 Å². The summed E-state index contributed by atoms with van der Waals surface area (Å²) in [5, 5.41) is 11.2. The lowest BCUT2D eigenvalue weighted by molar-refractivity contribution is -0.129. The van der Waals surface area contributed by atoms with Gasteiger partial charge in [0.2, 0.25) is 11.8 Å². The van der Waals surface area contributed by atoms with Gasteiger partial charge in [0, 0.05) is 32.0 Å². The van der Waals surface area contributed by atoms with Crippen LogP contribution in [0.3, 0.4) is 0 Å². The molecule has 1 aromatic heterocycles. The Morgan fingerprint density at radius 2 is 2.19 bits per heavy atom. The first-order valence-corrected chi connectivity index (χ1v) is 7.70. The molecule has 4 rings (SSSR count). The Labute approximate surface area is 122 Å². The summed E-state index contributed by atoms with van der Waals surface area (Å²) >= 11 is 0. The first-order chi connectivity index (χ1) is 10.2. The minimum atomic E-state index is -0.209. The molecule has 0 spiro atoms. The predicted molar refractivity (Wildman–Crippen MR) is 73.0 cm³/mol. The molecule has 0 radical (unpaired) electrons. The fourth-order valence-electron chi connectivity index (χ4n) is 3.30. The quantitative estimate of drug-likeness (QED) is 0.836. The van der Waals surface area contributed by atoms with Gasteiger partial charge in [-0.3, -0.25) is 9.59 Å². The second-order valence-electron chi connectivity index (χ2n) is 6.18. The van der Waals surface area contributed by atoms with E-state index in [4.69, 9.17) is 0 Å². The SMILES string of the molecule is O=C(NCc1nnc2n1CCC2)[C@H]1CC(=O)N(C2CC2)C1. The number of nitrogens with zero attached hydrogens (tertiary/aromatic N) is 4. The molecule has 1 aliphatic carbocycles. The van der Waals surface area contributed by atoms with Crippen molar-refractivity contribution in [2.45, 2.75) is 51.2 Å². The summed E-state index contributed by atoms with van der Waals surface area (Å²) < 4.78 is 2.08. The molecule has 7 heteroatoms. The summed E-state index contributed by atoms with van der Waals surface area (Å²) in [4.78, 5) is 26.0. The number of amides is 2. The molecule has 3 aliphatic rings. The van der Waals surface area contributed by atoms with Crippen LogP contribution >= 0.6 is 0 Å². The van der Waals surface area contributed by atoms with E-state index in [9.17, 15) is 9.59 Å². The molecule has 2 fully saturated rings. The van der Waals surface area contributed by atoms with E-state index in [2.05, 4.69) is 20.1 Å². The Bertz CT molecular complexity index is 592. The molecule has 1 N–H and O–H groups in total. The molecule has 0 aromatic carbocycles. The smallest absolute Gasteiger partial charge is 0.225 e.